The summed E-state index contributed by atoms with van der Waals surface area (Å²) in [5.41, 5.74) is 6.37. The number of hydrogen-bond donors (Lipinski definition) is 1. The van der Waals surface area contributed by atoms with Crippen molar-refractivity contribution in [2.75, 3.05) is 6.54 Å². The fourth-order valence-electron chi connectivity index (χ4n) is 0.332. The molecule has 0 bridgehead atoms. The van der Waals surface area contributed by atoms with Crippen molar-refractivity contribution < 1.29 is 9.50 Å². The molecule has 0 rings (SSSR count). The van der Waals surface area contributed by atoms with Gasteiger partial charge >= 0.3 is 0 Å². The van der Waals surface area contributed by atoms with Gasteiger partial charge in [-0.2, -0.15) is 0 Å². The average Bonchev–Trinajstić information content (AvgIpc) is 1.80. The molecule has 1 atom stereocenters. The number of hydrogen-bond acceptors (Lipinski definition) is 2. The first-order valence-corrected chi connectivity index (χ1v) is 2.85. The molecule has 0 saturated heterocycles. The first-order valence-electron chi connectivity index (χ1n) is 2.85. The molecule has 0 aliphatic carbocycles. The molecule has 0 aromatic heterocycles. The maximum Gasteiger partial charge on any atom is 0.134 e. The van der Waals surface area contributed by atoms with Crippen LogP contribution >= 0.6 is 0 Å². The molecule has 5 heteroatoms. The molecule has 1 unspecified atom stereocenters. The highest BCUT2D eigenvalue weighted by atomic mass is 19.1. The SMILES string of the molecule is CC(C)(O)C(F)CN=[N+]=[N-]. The fourth-order valence-corrected chi connectivity index (χ4v) is 0.332. The summed E-state index contributed by atoms with van der Waals surface area (Å²) in [5, 5.41) is 11.9. The van der Waals surface area contributed by atoms with Gasteiger partial charge in [0.1, 0.15) is 6.17 Å². The van der Waals surface area contributed by atoms with Gasteiger partial charge in [-0.3, -0.25) is 0 Å². The van der Waals surface area contributed by atoms with Crippen LogP contribution in [0.2, 0.25) is 0 Å². The third kappa shape index (κ3) is 3.27. The lowest BCUT2D eigenvalue weighted by Crippen LogP contribution is -2.34. The van der Waals surface area contributed by atoms with Crippen LogP contribution in [0.3, 0.4) is 0 Å². The van der Waals surface area contributed by atoms with Crippen LogP contribution in [0.25, 0.3) is 10.4 Å². The van der Waals surface area contributed by atoms with Gasteiger partial charge in [-0.15, -0.1) is 0 Å². The lowest BCUT2D eigenvalue weighted by atomic mass is 10.0. The van der Waals surface area contributed by atoms with E-state index in [0.29, 0.717) is 0 Å². The number of alkyl halides is 1. The van der Waals surface area contributed by atoms with Crippen LogP contribution < -0.4 is 0 Å². The minimum Gasteiger partial charge on any atom is -0.387 e. The third-order valence-corrected chi connectivity index (χ3v) is 1.07. The Morgan fingerprint density at radius 1 is 1.80 bits per heavy atom. The molecule has 10 heavy (non-hydrogen) atoms. The van der Waals surface area contributed by atoms with E-state index in [-0.39, 0.29) is 6.54 Å². The lowest BCUT2D eigenvalue weighted by Gasteiger charge is -2.20. The number of halogens is 1. The van der Waals surface area contributed by atoms with Crippen LogP contribution in [0.4, 0.5) is 4.39 Å². The van der Waals surface area contributed by atoms with E-state index in [2.05, 4.69) is 10.0 Å². The van der Waals surface area contributed by atoms with Crippen molar-refractivity contribution in [1.82, 2.24) is 0 Å². The van der Waals surface area contributed by atoms with Crippen LogP contribution in [0.1, 0.15) is 13.8 Å². The molecule has 4 nitrogen and oxygen atoms in total. The van der Waals surface area contributed by atoms with Crippen molar-refractivity contribution in [2.45, 2.75) is 25.6 Å². The molecule has 0 aliphatic rings. The van der Waals surface area contributed by atoms with Crippen molar-refractivity contribution in [1.29, 1.82) is 0 Å². The Labute approximate surface area is 58.3 Å². The second-order valence-corrected chi connectivity index (χ2v) is 2.53. The van der Waals surface area contributed by atoms with Gasteiger partial charge in [-0.25, -0.2) is 4.39 Å². The molecule has 0 saturated carbocycles. The molecule has 1 N–H and O–H groups in total. The summed E-state index contributed by atoms with van der Waals surface area (Å²) in [5.74, 6) is 0. The second kappa shape index (κ2) is 3.39. The summed E-state index contributed by atoms with van der Waals surface area (Å²) < 4.78 is 12.6. The third-order valence-electron chi connectivity index (χ3n) is 1.07. The van der Waals surface area contributed by atoms with Crippen LogP contribution in [-0.2, 0) is 0 Å². The topological polar surface area (TPSA) is 69.0 Å². The minimum atomic E-state index is -1.50. The van der Waals surface area contributed by atoms with E-state index in [0.717, 1.165) is 0 Å². The molecular formula is C5H10FN3O. The summed E-state index contributed by atoms with van der Waals surface area (Å²) in [4.78, 5) is 2.36. The molecule has 0 amide bonds. The zero-order chi connectivity index (χ0) is 8.20. The predicted molar refractivity (Wildman–Crippen MR) is 35.2 cm³/mol. The molecular weight excluding hydrogens is 137 g/mol. The van der Waals surface area contributed by atoms with Crippen LogP contribution in [-0.4, -0.2) is 23.4 Å². The molecule has 0 aromatic carbocycles. The standard InChI is InChI=1S/C5H10FN3O/c1-5(2,10)4(6)3-8-9-7/h4,10H,3H2,1-2H3. The van der Waals surface area contributed by atoms with E-state index >= 15 is 0 Å². The lowest BCUT2D eigenvalue weighted by molar-refractivity contribution is 0.00147. The van der Waals surface area contributed by atoms with Gasteiger partial charge in [-0.05, 0) is 19.4 Å². The number of nitrogens with zero attached hydrogens (tertiary/aromatic N) is 3. The van der Waals surface area contributed by atoms with Crippen LogP contribution in [0.15, 0.2) is 5.11 Å². The maximum absolute atomic E-state index is 12.6. The van der Waals surface area contributed by atoms with E-state index in [9.17, 15) is 4.39 Å². The van der Waals surface area contributed by atoms with Crippen molar-refractivity contribution >= 4 is 0 Å². The Kier molecular flexibility index (Phi) is 3.12. The average molecular weight is 147 g/mol. The van der Waals surface area contributed by atoms with Crippen molar-refractivity contribution in [3.8, 4) is 0 Å². The maximum atomic E-state index is 12.6. The molecule has 0 fully saturated rings. The summed E-state index contributed by atoms with van der Waals surface area (Å²) in [6, 6.07) is 0. The molecule has 0 radical (unpaired) electrons. The van der Waals surface area contributed by atoms with Gasteiger partial charge in [0.25, 0.3) is 0 Å². The monoisotopic (exact) mass is 147 g/mol. The normalized spacial score (nSPS) is 14.0. The second-order valence-electron chi connectivity index (χ2n) is 2.53. The van der Waals surface area contributed by atoms with Crippen molar-refractivity contribution in [2.24, 2.45) is 5.11 Å². The van der Waals surface area contributed by atoms with E-state index in [1.54, 1.807) is 0 Å². The molecule has 0 aromatic rings. The first-order chi connectivity index (χ1) is 4.48. The first kappa shape index (κ1) is 9.20. The fraction of sp³-hybridized carbons (Fsp3) is 1.00. The van der Waals surface area contributed by atoms with Crippen molar-refractivity contribution in [3.05, 3.63) is 10.4 Å². The quantitative estimate of drug-likeness (QED) is 0.366. The molecule has 0 heterocycles. The summed E-state index contributed by atoms with van der Waals surface area (Å²) in [6.07, 6.45) is -1.50. The zero-order valence-corrected chi connectivity index (χ0v) is 5.95. The Hall–Kier alpha value is -0.800. The zero-order valence-electron chi connectivity index (χ0n) is 5.95. The van der Waals surface area contributed by atoms with Crippen LogP contribution in [0.5, 0.6) is 0 Å². The summed E-state index contributed by atoms with van der Waals surface area (Å²) >= 11 is 0. The van der Waals surface area contributed by atoms with E-state index < -0.39 is 11.8 Å². The number of rotatable bonds is 3. The Morgan fingerprint density at radius 2 is 2.30 bits per heavy atom. The van der Waals surface area contributed by atoms with E-state index in [1.807, 2.05) is 0 Å². The Bertz CT molecular complexity index is 147. The minimum absolute atomic E-state index is 0.319. The highest BCUT2D eigenvalue weighted by Crippen LogP contribution is 2.12. The molecule has 0 spiro atoms. The van der Waals surface area contributed by atoms with E-state index in [1.165, 1.54) is 13.8 Å². The molecule has 58 valence electrons. The number of azide groups is 1. The van der Waals surface area contributed by atoms with Gasteiger partial charge in [-0.1, -0.05) is 5.11 Å². The summed E-state index contributed by atoms with van der Waals surface area (Å²) in [6.45, 7) is 2.33. The van der Waals surface area contributed by atoms with Crippen molar-refractivity contribution in [3.63, 3.8) is 0 Å². The smallest absolute Gasteiger partial charge is 0.134 e. The molecule has 0 aliphatic heterocycles. The van der Waals surface area contributed by atoms with Gasteiger partial charge in [0.05, 0.1) is 12.1 Å². The van der Waals surface area contributed by atoms with Crippen LogP contribution in [0, 0.1) is 0 Å². The van der Waals surface area contributed by atoms with Gasteiger partial charge in [0.2, 0.25) is 0 Å². The Morgan fingerprint density at radius 3 is 2.60 bits per heavy atom. The highest BCUT2D eigenvalue weighted by molar-refractivity contribution is 4.78. The number of aliphatic hydroxyl groups is 1. The van der Waals surface area contributed by atoms with Gasteiger partial charge < -0.3 is 5.11 Å². The van der Waals surface area contributed by atoms with E-state index in [4.69, 9.17) is 10.6 Å². The largest absolute Gasteiger partial charge is 0.387 e. The predicted octanol–water partition coefficient (Wildman–Crippen LogP) is 1.41. The highest BCUT2D eigenvalue weighted by Gasteiger charge is 2.25. The summed E-state index contributed by atoms with van der Waals surface area (Å²) in [7, 11) is 0. The van der Waals surface area contributed by atoms with Gasteiger partial charge in [0.15, 0.2) is 0 Å². The Balaban J connectivity index is 3.84. The van der Waals surface area contributed by atoms with Gasteiger partial charge in [0, 0.05) is 4.91 Å².